The molecule has 1 amide bonds. The van der Waals surface area contributed by atoms with Gasteiger partial charge in [-0.2, -0.15) is 0 Å². The number of carbonyl (C=O) groups excluding carboxylic acids is 1. The van der Waals surface area contributed by atoms with Crippen LogP contribution in [-0.4, -0.2) is 30.8 Å². The van der Waals surface area contributed by atoms with Gasteiger partial charge in [0.25, 0.3) is 0 Å². The van der Waals surface area contributed by atoms with E-state index >= 15 is 0 Å². The lowest BCUT2D eigenvalue weighted by molar-refractivity contribution is 0.0489. The van der Waals surface area contributed by atoms with Crippen molar-refractivity contribution >= 4 is 6.09 Å². The van der Waals surface area contributed by atoms with Gasteiger partial charge in [-0.15, -0.1) is 0 Å². The number of halogens is 2. The normalized spacial score (nSPS) is 22.2. The largest absolute Gasteiger partial charge is 0.444 e. The van der Waals surface area contributed by atoms with E-state index in [0.29, 0.717) is 25.1 Å². The number of benzene rings is 1. The summed E-state index contributed by atoms with van der Waals surface area (Å²) in [7, 11) is 0. The van der Waals surface area contributed by atoms with Crippen LogP contribution in [0.2, 0.25) is 0 Å². The third-order valence-electron chi connectivity index (χ3n) is 3.54. The van der Waals surface area contributed by atoms with Crippen LogP contribution in [0.3, 0.4) is 0 Å². The molecule has 1 aromatic rings. The monoisotopic (exact) mass is 312 g/mol. The Balaban J connectivity index is 2.14. The lowest BCUT2D eigenvalue weighted by Crippen LogP contribution is -2.51. The number of carbonyl (C=O) groups is 1. The van der Waals surface area contributed by atoms with Gasteiger partial charge in [0, 0.05) is 12.5 Å². The zero-order valence-electron chi connectivity index (χ0n) is 13.1. The smallest absolute Gasteiger partial charge is 0.407 e. The molecule has 1 saturated heterocycles. The van der Waals surface area contributed by atoms with Gasteiger partial charge in [-0.05, 0) is 57.5 Å². The molecule has 0 spiro atoms. The van der Waals surface area contributed by atoms with Crippen molar-refractivity contribution in [3.05, 3.63) is 35.4 Å². The summed E-state index contributed by atoms with van der Waals surface area (Å²) in [5, 5.41) is 5.91. The summed E-state index contributed by atoms with van der Waals surface area (Å²) < 4.78 is 32.7. The van der Waals surface area contributed by atoms with E-state index < -0.39 is 23.3 Å². The highest BCUT2D eigenvalue weighted by atomic mass is 19.1. The Morgan fingerprint density at radius 3 is 2.77 bits per heavy atom. The van der Waals surface area contributed by atoms with Crippen LogP contribution in [0.15, 0.2) is 18.2 Å². The van der Waals surface area contributed by atoms with Crippen LogP contribution in [0.4, 0.5) is 13.6 Å². The molecule has 1 aliphatic rings. The minimum atomic E-state index is -0.605. The van der Waals surface area contributed by atoms with Crippen molar-refractivity contribution in [3.63, 3.8) is 0 Å². The van der Waals surface area contributed by atoms with Gasteiger partial charge in [0.15, 0.2) is 0 Å². The second-order valence-electron chi connectivity index (χ2n) is 6.52. The van der Waals surface area contributed by atoms with Crippen LogP contribution in [0.5, 0.6) is 0 Å². The molecule has 1 fully saturated rings. The third kappa shape index (κ3) is 4.40. The van der Waals surface area contributed by atoms with E-state index in [1.807, 2.05) is 0 Å². The zero-order chi connectivity index (χ0) is 16.3. The minimum absolute atomic E-state index is 0.288. The molecule has 0 aliphatic carbocycles. The first kappa shape index (κ1) is 16.7. The molecule has 2 rings (SSSR count). The summed E-state index contributed by atoms with van der Waals surface area (Å²) in [6.07, 6.45) is 0.0592. The van der Waals surface area contributed by atoms with Crippen molar-refractivity contribution in [2.45, 2.75) is 44.8 Å². The highest BCUT2D eigenvalue weighted by Gasteiger charge is 2.31. The molecule has 4 nitrogen and oxygen atoms in total. The summed E-state index contributed by atoms with van der Waals surface area (Å²) in [5.41, 5.74) is -0.311. The molecule has 2 atom stereocenters. The molecule has 0 radical (unpaired) electrons. The zero-order valence-corrected chi connectivity index (χ0v) is 13.1. The van der Waals surface area contributed by atoms with E-state index in [1.54, 1.807) is 20.8 Å². The number of amides is 1. The van der Waals surface area contributed by atoms with Crippen molar-refractivity contribution in [2.75, 3.05) is 13.1 Å². The molecule has 0 bridgehead atoms. The fourth-order valence-electron chi connectivity index (χ4n) is 2.64. The SMILES string of the molecule is CC(C)(C)OC(=O)NC1CNCCC1c1cc(F)ccc1F. The summed E-state index contributed by atoms with van der Waals surface area (Å²) in [6.45, 7) is 6.49. The topological polar surface area (TPSA) is 50.4 Å². The quantitative estimate of drug-likeness (QED) is 0.883. The van der Waals surface area contributed by atoms with Gasteiger partial charge in [-0.1, -0.05) is 0 Å². The van der Waals surface area contributed by atoms with Gasteiger partial charge < -0.3 is 15.4 Å². The van der Waals surface area contributed by atoms with Crippen LogP contribution in [0.1, 0.15) is 38.7 Å². The summed E-state index contributed by atoms with van der Waals surface area (Å²) in [5.74, 6) is -1.22. The van der Waals surface area contributed by atoms with Crippen LogP contribution in [0.25, 0.3) is 0 Å². The number of alkyl carbamates (subject to hydrolysis) is 1. The first-order valence-corrected chi connectivity index (χ1v) is 7.41. The molecule has 0 saturated carbocycles. The Bertz CT molecular complexity index is 543. The fraction of sp³-hybridized carbons (Fsp3) is 0.562. The highest BCUT2D eigenvalue weighted by molar-refractivity contribution is 5.68. The van der Waals surface area contributed by atoms with Gasteiger partial charge in [-0.3, -0.25) is 0 Å². The average Bonchev–Trinajstić information content (AvgIpc) is 2.40. The fourth-order valence-corrected chi connectivity index (χ4v) is 2.64. The van der Waals surface area contributed by atoms with E-state index in [0.717, 1.165) is 12.1 Å². The predicted molar refractivity (Wildman–Crippen MR) is 79.7 cm³/mol. The number of hydrogen-bond donors (Lipinski definition) is 2. The lowest BCUT2D eigenvalue weighted by atomic mass is 9.85. The van der Waals surface area contributed by atoms with Crippen molar-refractivity contribution in [1.29, 1.82) is 0 Å². The lowest BCUT2D eigenvalue weighted by Gasteiger charge is -2.33. The van der Waals surface area contributed by atoms with Crippen molar-refractivity contribution < 1.29 is 18.3 Å². The molecule has 122 valence electrons. The number of piperidine rings is 1. The first-order valence-electron chi connectivity index (χ1n) is 7.41. The molecule has 6 heteroatoms. The second-order valence-corrected chi connectivity index (χ2v) is 6.52. The molecule has 2 unspecified atom stereocenters. The second kappa shape index (κ2) is 6.60. The first-order chi connectivity index (χ1) is 10.3. The van der Waals surface area contributed by atoms with E-state index in [4.69, 9.17) is 4.74 Å². The van der Waals surface area contributed by atoms with Crippen LogP contribution in [-0.2, 0) is 4.74 Å². The maximum absolute atomic E-state index is 14.0. The number of ether oxygens (including phenoxy) is 1. The van der Waals surface area contributed by atoms with Crippen molar-refractivity contribution in [2.24, 2.45) is 0 Å². The van der Waals surface area contributed by atoms with Gasteiger partial charge in [0.2, 0.25) is 0 Å². The molecule has 1 heterocycles. The van der Waals surface area contributed by atoms with E-state index in [9.17, 15) is 13.6 Å². The van der Waals surface area contributed by atoms with Gasteiger partial charge in [0.1, 0.15) is 17.2 Å². The number of rotatable bonds is 2. The summed E-state index contributed by atoms with van der Waals surface area (Å²) in [4.78, 5) is 11.9. The maximum atomic E-state index is 14.0. The molecular weight excluding hydrogens is 290 g/mol. The van der Waals surface area contributed by atoms with Gasteiger partial charge in [0.05, 0.1) is 6.04 Å². The molecule has 1 aromatic carbocycles. The molecule has 1 aliphatic heterocycles. The summed E-state index contributed by atoms with van der Waals surface area (Å²) >= 11 is 0. The third-order valence-corrected chi connectivity index (χ3v) is 3.54. The van der Waals surface area contributed by atoms with E-state index in [2.05, 4.69) is 10.6 Å². The number of hydrogen-bond acceptors (Lipinski definition) is 3. The molecule has 2 N–H and O–H groups in total. The Kier molecular flexibility index (Phi) is 5.01. The minimum Gasteiger partial charge on any atom is -0.444 e. The van der Waals surface area contributed by atoms with E-state index in [-0.39, 0.29) is 12.0 Å². The highest BCUT2D eigenvalue weighted by Crippen LogP contribution is 2.28. The standard InChI is InChI=1S/C16H22F2N2O2/c1-16(2,3)22-15(21)20-14-9-19-7-6-11(14)12-8-10(17)4-5-13(12)18/h4-5,8,11,14,19H,6-7,9H2,1-3H3,(H,20,21). The Morgan fingerprint density at radius 2 is 2.09 bits per heavy atom. The van der Waals surface area contributed by atoms with E-state index in [1.165, 1.54) is 6.07 Å². The van der Waals surface area contributed by atoms with Crippen LogP contribution >= 0.6 is 0 Å². The Labute approximate surface area is 129 Å². The number of nitrogens with one attached hydrogen (secondary N) is 2. The molecule has 0 aromatic heterocycles. The van der Waals surface area contributed by atoms with Crippen LogP contribution < -0.4 is 10.6 Å². The maximum Gasteiger partial charge on any atom is 0.407 e. The molecular formula is C16H22F2N2O2. The van der Waals surface area contributed by atoms with Crippen LogP contribution in [0, 0.1) is 11.6 Å². The van der Waals surface area contributed by atoms with Crippen molar-refractivity contribution in [1.82, 2.24) is 10.6 Å². The van der Waals surface area contributed by atoms with Crippen molar-refractivity contribution in [3.8, 4) is 0 Å². The van der Waals surface area contributed by atoms with Gasteiger partial charge >= 0.3 is 6.09 Å². The Hall–Kier alpha value is -1.69. The average molecular weight is 312 g/mol. The Morgan fingerprint density at radius 1 is 1.36 bits per heavy atom. The predicted octanol–water partition coefficient (Wildman–Crippen LogP) is 2.94. The van der Waals surface area contributed by atoms with Gasteiger partial charge in [-0.25, -0.2) is 13.6 Å². The summed E-state index contributed by atoms with van der Waals surface area (Å²) in [6, 6.07) is 3.07. The molecule has 22 heavy (non-hydrogen) atoms.